The molecule has 0 aliphatic heterocycles. The minimum Gasteiger partial charge on any atom is -0.478 e. The van der Waals surface area contributed by atoms with Crippen LogP contribution in [0, 0.1) is 0 Å². The largest absolute Gasteiger partial charge is 0.478 e. The number of esters is 1. The molecule has 0 aromatic carbocycles. The zero-order valence-electron chi connectivity index (χ0n) is 18.5. The molecule has 0 amide bonds. The maximum absolute atomic E-state index is 11.8. The molecular weight excluding hydrogens is 352 g/mol. The monoisotopic (exact) mass is 396 g/mol. The average Bonchev–Trinajstić information content (AvgIpc) is 2.69. The van der Waals surface area contributed by atoms with E-state index in [0.29, 0.717) is 12.2 Å². The maximum Gasteiger partial charge on any atom is 0.333 e. The summed E-state index contributed by atoms with van der Waals surface area (Å²) in [5, 5.41) is 7.60. The normalized spacial score (nSPS) is 9.93. The summed E-state index contributed by atoms with van der Waals surface area (Å²) in [6.07, 6.45) is 19.2. The highest BCUT2D eigenvalue weighted by molar-refractivity contribution is 5.87. The first-order valence-corrected chi connectivity index (χ1v) is 11.2. The molecule has 0 saturated carbocycles. The SMILES string of the molecule is C=C(CCCCCCCC)C(=O)OCCCCCCCCCC.C=CC(=O)O. The molecule has 0 fully saturated rings. The molecule has 0 spiro atoms. The summed E-state index contributed by atoms with van der Waals surface area (Å²) in [6, 6.07) is 0. The molecule has 0 bridgehead atoms. The molecule has 0 aliphatic carbocycles. The van der Waals surface area contributed by atoms with Gasteiger partial charge < -0.3 is 9.84 Å². The van der Waals surface area contributed by atoms with E-state index >= 15 is 0 Å². The predicted molar refractivity (Wildman–Crippen MR) is 119 cm³/mol. The Balaban J connectivity index is 0. The van der Waals surface area contributed by atoms with Gasteiger partial charge in [-0.05, 0) is 19.3 Å². The third-order valence-electron chi connectivity index (χ3n) is 4.53. The third-order valence-corrected chi connectivity index (χ3v) is 4.53. The lowest BCUT2D eigenvalue weighted by atomic mass is 10.1. The van der Waals surface area contributed by atoms with E-state index in [-0.39, 0.29) is 5.97 Å². The second-order valence-electron chi connectivity index (χ2n) is 7.27. The molecule has 4 nitrogen and oxygen atoms in total. The predicted octanol–water partition coefficient (Wildman–Crippen LogP) is 7.23. The van der Waals surface area contributed by atoms with Gasteiger partial charge in [0.05, 0.1) is 6.61 Å². The highest BCUT2D eigenvalue weighted by Crippen LogP contribution is 2.12. The molecule has 1 N–H and O–H groups in total. The van der Waals surface area contributed by atoms with Crippen LogP contribution in [-0.2, 0) is 14.3 Å². The first-order chi connectivity index (χ1) is 13.5. The van der Waals surface area contributed by atoms with Crippen LogP contribution >= 0.6 is 0 Å². The van der Waals surface area contributed by atoms with Crippen LogP contribution in [0.2, 0.25) is 0 Å². The molecular formula is C24H44O4. The summed E-state index contributed by atoms with van der Waals surface area (Å²) in [7, 11) is 0. The second-order valence-corrected chi connectivity index (χ2v) is 7.27. The van der Waals surface area contributed by atoms with Gasteiger partial charge in [0, 0.05) is 11.6 Å². The van der Waals surface area contributed by atoms with Crippen LogP contribution in [0.15, 0.2) is 24.8 Å². The topological polar surface area (TPSA) is 63.6 Å². The zero-order valence-corrected chi connectivity index (χ0v) is 18.5. The van der Waals surface area contributed by atoms with Gasteiger partial charge in [-0.3, -0.25) is 0 Å². The number of carbonyl (C=O) groups is 2. The third kappa shape index (κ3) is 24.4. The number of unbranched alkanes of at least 4 members (excludes halogenated alkanes) is 12. The Morgan fingerprint density at radius 3 is 1.61 bits per heavy atom. The van der Waals surface area contributed by atoms with Gasteiger partial charge in [-0.25, -0.2) is 9.59 Å². The summed E-state index contributed by atoms with van der Waals surface area (Å²) < 4.78 is 5.31. The Morgan fingerprint density at radius 2 is 1.18 bits per heavy atom. The molecule has 0 unspecified atom stereocenters. The highest BCUT2D eigenvalue weighted by atomic mass is 16.5. The lowest BCUT2D eigenvalue weighted by molar-refractivity contribution is -0.139. The summed E-state index contributed by atoms with van der Waals surface area (Å²) in [5.41, 5.74) is 0.653. The van der Waals surface area contributed by atoms with Crippen LogP contribution in [0.4, 0.5) is 0 Å². The smallest absolute Gasteiger partial charge is 0.333 e. The van der Waals surface area contributed by atoms with Crippen molar-refractivity contribution in [3.63, 3.8) is 0 Å². The van der Waals surface area contributed by atoms with Crippen molar-refractivity contribution in [1.82, 2.24) is 0 Å². The summed E-state index contributed by atoms with van der Waals surface area (Å²) in [4.78, 5) is 21.0. The van der Waals surface area contributed by atoms with Crippen LogP contribution in [-0.4, -0.2) is 23.7 Å². The highest BCUT2D eigenvalue weighted by Gasteiger charge is 2.07. The first kappa shape index (κ1) is 28.6. The Hall–Kier alpha value is -1.58. The van der Waals surface area contributed by atoms with Gasteiger partial charge in [0.25, 0.3) is 0 Å². The molecule has 28 heavy (non-hydrogen) atoms. The molecule has 0 radical (unpaired) electrons. The summed E-state index contributed by atoms with van der Waals surface area (Å²) >= 11 is 0. The fourth-order valence-electron chi connectivity index (χ4n) is 2.72. The van der Waals surface area contributed by atoms with Crippen LogP contribution in [0.1, 0.15) is 110 Å². The van der Waals surface area contributed by atoms with E-state index in [2.05, 4.69) is 27.0 Å². The van der Waals surface area contributed by atoms with Crippen molar-refractivity contribution in [2.75, 3.05) is 6.61 Å². The fraction of sp³-hybridized carbons (Fsp3) is 0.750. The molecule has 0 aromatic rings. The fourth-order valence-corrected chi connectivity index (χ4v) is 2.72. The molecule has 0 aromatic heterocycles. The number of carbonyl (C=O) groups excluding carboxylic acids is 1. The van der Waals surface area contributed by atoms with Crippen LogP contribution in [0.25, 0.3) is 0 Å². The van der Waals surface area contributed by atoms with Gasteiger partial charge in [-0.15, -0.1) is 0 Å². The van der Waals surface area contributed by atoms with E-state index < -0.39 is 5.97 Å². The second kappa shape index (κ2) is 23.5. The standard InChI is InChI=1S/C21H40O2.C3H4O2/c1-4-6-8-10-12-13-15-17-19-23-21(22)20(3)18-16-14-11-9-7-5-2;1-2-3(4)5/h3-19H2,1-2H3;2H,1H2,(H,4,5). The Bertz CT molecular complexity index is 401. The summed E-state index contributed by atoms with van der Waals surface area (Å²) in [5.74, 6) is -1.16. The Labute approximate surface area is 173 Å². The lowest BCUT2D eigenvalue weighted by Crippen LogP contribution is -2.08. The number of carboxylic acids is 1. The number of ether oxygens (including phenoxy) is 1. The molecule has 0 atom stereocenters. The van der Waals surface area contributed by atoms with Gasteiger partial charge in [-0.2, -0.15) is 0 Å². The molecule has 0 saturated heterocycles. The average molecular weight is 397 g/mol. The van der Waals surface area contributed by atoms with Crippen molar-refractivity contribution in [1.29, 1.82) is 0 Å². The van der Waals surface area contributed by atoms with E-state index in [4.69, 9.17) is 9.84 Å². The quantitative estimate of drug-likeness (QED) is 0.151. The van der Waals surface area contributed by atoms with Gasteiger partial charge >= 0.3 is 11.9 Å². The van der Waals surface area contributed by atoms with Gasteiger partial charge in [0.15, 0.2) is 0 Å². The first-order valence-electron chi connectivity index (χ1n) is 11.2. The van der Waals surface area contributed by atoms with Crippen molar-refractivity contribution >= 4 is 11.9 Å². The summed E-state index contributed by atoms with van der Waals surface area (Å²) in [6.45, 7) is 11.9. The van der Waals surface area contributed by atoms with Crippen molar-refractivity contribution < 1.29 is 19.4 Å². The van der Waals surface area contributed by atoms with E-state index in [0.717, 1.165) is 25.3 Å². The number of carboxylic acid groups (broad SMARTS) is 1. The lowest BCUT2D eigenvalue weighted by Gasteiger charge is -2.07. The van der Waals surface area contributed by atoms with E-state index in [9.17, 15) is 9.59 Å². The molecule has 0 heterocycles. The molecule has 4 heteroatoms. The Morgan fingerprint density at radius 1 is 0.786 bits per heavy atom. The maximum atomic E-state index is 11.8. The van der Waals surface area contributed by atoms with Crippen molar-refractivity contribution in [2.24, 2.45) is 0 Å². The zero-order chi connectivity index (χ0) is 21.5. The number of hydrogen-bond donors (Lipinski definition) is 1. The number of rotatable bonds is 18. The van der Waals surface area contributed by atoms with Crippen LogP contribution in [0.5, 0.6) is 0 Å². The van der Waals surface area contributed by atoms with E-state index in [1.165, 1.54) is 77.0 Å². The van der Waals surface area contributed by atoms with Crippen LogP contribution in [0.3, 0.4) is 0 Å². The van der Waals surface area contributed by atoms with E-state index in [1.54, 1.807) is 0 Å². The number of aliphatic carboxylic acids is 1. The van der Waals surface area contributed by atoms with Crippen molar-refractivity contribution in [2.45, 2.75) is 110 Å². The number of hydrogen-bond acceptors (Lipinski definition) is 3. The van der Waals surface area contributed by atoms with Gasteiger partial charge in [-0.1, -0.05) is 104 Å². The Kier molecular flexibility index (Phi) is 24.0. The molecule has 0 aliphatic rings. The van der Waals surface area contributed by atoms with E-state index in [1.807, 2.05) is 0 Å². The van der Waals surface area contributed by atoms with Gasteiger partial charge in [0.1, 0.15) is 0 Å². The van der Waals surface area contributed by atoms with Crippen molar-refractivity contribution in [3.8, 4) is 0 Å². The molecule has 164 valence electrons. The van der Waals surface area contributed by atoms with Crippen LogP contribution < -0.4 is 0 Å². The molecule has 0 rings (SSSR count). The van der Waals surface area contributed by atoms with Crippen molar-refractivity contribution in [3.05, 3.63) is 24.8 Å². The van der Waals surface area contributed by atoms with Gasteiger partial charge in [0.2, 0.25) is 0 Å². The minimum absolute atomic E-state index is 0.179. The minimum atomic E-state index is -0.981.